The van der Waals surface area contributed by atoms with Crippen molar-refractivity contribution in [2.45, 2.75) is 25.7 Å². The molecule has 5 heteroatoms. The third kappa shape index (κ3) is 3.71. The summed E-state index contributed by atoms with van der Waals surface area (Å²) in [4.78, 5) is 15.0. The maximum absolute atomic E-state index is 13.0. The molecule has 0 unspecified atom stereocenters. The topological polar surface area (TPSA) is 48.0 Å². The van der Waals surface area contributed by atoms with Gasteiger partial charge in [-0.2, -0.15) is 0 Å². The second kappa shape index (κ2) is 6.69. The molecular formula is C18H25NO4. The molecule has 0 aromatic heterocycles. The van der Waals surface area contributed by atoms with Crippen LogP contribution in [0.1, 0.15) is 36.0 Å². The van der Waals surface area contributed by atoms with Gasteiger partial charge in [0.1, 0.15) is 0 Å². The van der Waals surface area contributed by atoms with Gasteiger partial charge >= 0.3 is 0 Å². The molecule has 5 nitrogen and oxygen atoms in total. The van der Waals surface area contributed by atoms with Gasteiger partial charge in [-0.3, -0.25) is 4.79 Å². The molecule has 1 aromatic rings. The van der Waals surface area contributed by atoms with E-state index in [2.05, 4.69) is 0 Å². The van der Waals surface area contributed by atoms with Crippen molar-refractivity contribution in [3.63, 3.8) is 0 Å². The smallest absolute Gasteiger partial charge is 0.254 e. The van der Waals surface area contributed by atoms with E-state index in [4.69, 9.17) is 14.2 Å². The lowest BCUT2D eigenvalue weighted by Crippen LogP contribution is -2.34. The van der Waals surface area contributed by atoms with E-state index in [1.807, 2.05) is 4.90 Å². The van der Waals surface area contributed by atoms with Crippen molar-refractivity contribution in [1.29, 1.82) is 0 Å². The molecule has 126 valence electrons. The zero-order chi connectivity index (χ0) is 16.4. The summed E-state index contributed by atoms with van der Waals surface area (Å²) in [7, 11) is 4.70. The molecule has 0 bridgehead atoms. The van der Waals surface area contributed by atoms with E-state index in [0.717, 1.165) is 13.1 Å². The second-order valence-corrected chi connectivity index (χ2v) is 6.51. The molecule has 2 aliphatic rings. The highest BCUT2D eigenvalue weighted by Gasteiger charge is 2.32. The summed E-state index contributed by atoms with van der Waals surface area (Å²) in [5, 5.41) is 0. The molecule has 0 radical (unpaired) electrons. The first-order chi connectivity index (χ1) is 11.2. The summed E-state index contributed by atoms with van der Waals surface area (Å²) in [6, 6.07) is 3.49. The van der Waals surface area contributed by atoms with E-state index in [-0.39, 0.29) is 5.91 Å². The molecule has 0 aliphatic heterocycles. The van der Waals surface area contributed by atoms with E-state index in [1.54, 1.807) is 33.5 Å². The lowest BCUT2D eigenvalue weighted by molar-refractivity contribution is 0.0738. The molecule has 23 heavy (non-hydrogen) atoms. The molecule has 3 rings (SSSR count). The Morgan fingerprint density at radius 1 is 0.957 bits per heavy atom. The molecule has 0 spiro atoms. The Morgan fingerprint density at radius 3 is 1.78 bits per heavy atom. The summed E-state index contributed by atoms with van der Waals surface area (Å²) >= 11 is 0. The first-order valence-electron chi connectivity index (χ1n) is 8.25. The molecule has 1 amide bonds. The Kier molecular flexibility index (Phi) is 4.64. The first kappa shape index (κ1) is 16.0. The predicted octanol–water partition coefficient (Wildman–Crippen LogP) is 2.97. The van der Waals surface area contributed by atoms with Crippen molar-refractivity contribution in [2.75, 3.05) is 34.4 Å². The van der Waals surface area contributed by atoms with Gasteiger partial charge in [0.2, 0.25) is 5.75 Å². The highest BCUT2D eigenvalue weighted by Crippen LogP contribution is 2.39. The van der Waals surface area contributed by atoms with Crippen molar-refractivity contribution in [1.82, 2.24) is 4.90 Å². The monoisotopic (exact) mass is 319 g/mol. The zero-order valence-corrected chi connectivity index (χ0v) is 14.1. The molecule has 0 heterocycles. The standard InChI is InChI=1S/C18H25NO4/c1-21-15-8-14(9-16(22-2)17(15)23-3)18(20)19(10-12-4-5-12)11-13-6-7-13/h8-9,12-13H,4-7,10-11H2,1-3H3. The number of hydrogen-bond donors (Lipinski definition) is 0. The van der Waals surface area contributed by atoms with Gasteiger partial charge in [0.05, 0.1) is 21.3 Å². The minimum absolute atomic E-state index is 0.0584. The first-order valence-corrected chi connectivity index (χ1v) is 8.25. The molecule has 0 saturated heterocycles. The minimum atomic E-state index is 0.0584. The van der Waals surface area contributed by atoms with Crippen molar-refractivity contribution in [3.8, 4) is 17.2 Å². The van der Waals surface area contributed by atoms with E-state index < -0.39 is 0 Å². The van der Waals surface area contributed by atoms with Crippen LogP contribution in [0.3, 0.4) is 0 Å². The van der Waals surface area contributed by atoms with Gasteiger partial charge in [0, 0.05) is 18.7 Å². The number of ether oxygens (including phenoxy) is 3. The number of amides is 1. The van der Waals surface area contributed by atoms with Crippen molar-refractivity contribution in [2.24, 2.45) is 11.8 Å². The van der Waals surface area contributed by atoms with E-state index in [0.29, 0.717) is 34.6 Å². The van der Waals surface area contributed by atoms with Crippen molar-refractivity contribution < 1.29 is 19.0 Å². The van der Waals surface area contributed by atoms with Crippen LogP contribution in [0.25, 0.3) is 0 Å². The third-order valence-corrected chi connectivity index (χ3v) is 4.55. The Labute approximate surface area is 137 Å². The second-order valence-electron chi connectivity index (χ2n) is 6.51. The zero-order valence-electron chi connectivity index (χ0n) is 14.1. The van der Waals surface area contributed by atoms with Crippen molar-refractivity contribution >= 4 is 5.91 Å². The van der Waals surface area contributed by atoms with Crippen LogP contribution in [0.5, 0.6) is 17.2 Å². The Morgan fingerprint density at radius 2 is 1.43 bits per heavy atom. The molecule has 0 atom stereocenters. The average molecular weight is 319 g/mol. The van der Waals surface area contributed by atoms with E-state index in [1.165, 1.54) is 25.7 Å². The van der Waals surface area contributed by atoms with Crippen LogP contribution in [0.2, 0.25) is 0 Å². The van der Waals surface area contributed by atoms with E-state index in [9.17, 15) is 4.79 Å². The summed E-state index contributed by atoms with van der Waals surface area (Å²) in [6.07, 6.45) is 4.96. The molecule has 1 aromatic carbocycles. The number of hydrogen-bond acceptors (Lipinski definition) is 4. The number of nitrogens with zero attached hydrogens (tertiary/aromatic N) is 1. The van der Waals surface area contributed by atoms with Gasteiger partial charge in [-0.25, -0.2) is 0 Å². The third-order valence-electron chi connectivity index (χ3n) is 4.55. The fraction of sp³-hybridized carbons (Fsp3) is 0.611. The number of methoxy groups -OCH3 is 3. The maximum Gasteiger partial charge on any atom is 0.254 e. The van der Waals surface area contributed by atoms with Gasteiger partial charge in [-0.05, 0) is 49.7 Å². The Hall–Kier alpha value is -1.91. The van der Waals surface area contributed by atoms with Crippen LogP contribution in [0.4, 0.5) is 0 Å². The Bertz CT molecular complexity index is 539. The average Bonchev–Trinajstić information content (AvgIpc) is 3.48. The van der Waals surface area contributed by atoms with Gasteiger partial charge in [-0.15, -0.1) is 0 Å². The highest BCUT2D eigenvalue weighted by molar-refractivity contribution is 5.95. The lowest BCUT2D eigenvalue weighted by Gasteiger charge is -2.23. The normalized spacial score (nSPS) is 16.8. The van der Waals surface area contributed by atoms with Crippen molar-refractivity contribution in [3.05, 3.63) is 17.7 Å². The molecule has 2 saturated carbocycles. The van der Waals surface area contributed by atoms with Gasteiger partial charge < -0.3 is 19.1 Å². The quantitative estimate of drug-likeness (QED) is 0.739. The fourth-order valence-corrected chi connectivity index (χ4v) is 2.85. The lowest BCUT2D eigenvalue weighted by atomic mass is 10.1. The largest absolute Gasteiger partial charge is 0.493 e. The molecule has 0 N–H and O–H groups in total. The summed E-state index contributed by atoms with van der Waals surface area (Å²) in [6.45, 7) is 1.73. The summed E-state index contributed by atoms with van der Waals surface area (Å²) in [5.74, 6) is 2.98. The number of carbonyl (C=O) groups is 1. The van der Waals surface area contributed by atoms with E-state index >= 15 is 0 Å². The van der Waals surface area contributed by atoms with Gasteiger partial charge in [0.25, 0.3) is 5.91 Å². The van der Waals surface area contributed by atoms with Gasteiger partial charge in [0.15, 0.2) is 11.5 Å². The SMILES string of the molecule is COc1cc(C(=O)N(CC2CC2)CC2CC2)cc(OC)c1OC. The number of carbonyl (C=O) groups excluding carboxylic acids is 1. The van der Waals surface area contributed by atoms with Gasteiger partial charge in [-0.1, -0.05) is 0 Å². The maximum atomic E-state index is 13.0. The predicted molar refractivity (Wildman–Crippen MR) is 87.4 cm³/mol. The van der Waals surface area contributed by atoms with Crippen LogP contribution < -0.4 is 14.2 Å². The molecule has 2 fully saturated rings. The minimum Gasteiger partial charge on any atom is -0.493 e. The fourth-order valence-electron chi connectivity index (χ4n) is 2.85. The summed E-state index contributed by atoms with van der Waals surface area (Å²) in [5.41, 5.74) is 0.598. The van der Waals surface area contributed by atoms with Crippen LogP contribution in [-0.4, -0.2) is 45.2 Å². The van der Waals surface area contributed by atoms with Crippen LogP contribution >= 0.6 is 0 Å². The molecule has 2 aliphatic carbocycles. The van der Waals surface area contributed by atoms with Crippen LogP contribution in [0, 0.1) is 11.8 Å². The highest BCUT2D eigenvalue weighted by atomic mass is 16.5. The summed E-state index contributed by atoms with van der Waals surface area (Å²) < 4.78 is 16.0. The molecular weight excluding hydrogens is 294 g/mol. The number of benzene rings is 1. The Balaban J connectivity index is 1.86. The van der Waals surface area contributed by atoms with Crippen LogP contribution in [-0.2, 0) is 0 Å². The number of rotatable bonds is 8. The van der Waals surface area contributed by atoms with Crippen LogP contribution in [0.15, 0.2) is 12.1 Å².